The number of amides is 2. The minimum atomic E-state index is -0.550. The fourth-order valence-corrected chi connectivity index (χ4v) is 5.99. The van der Waals surface area contributed by atoms with Gasteiger partial charge in [-0.05, 0) is 54.7 Å². The Morgan fingerprint density at radius 2 is 1.88 bits per heavy atom. The molecule has 33 heavy (non-hydrogen) atoms. The summed E-state index contributed by atoms with van der Waals surface area (Å²) in [5.74, 6) is -0.819. The summed E-state index contributed by atoms with van der Waals surface area (Å²) in [6, 6.07) is 14.7. The van der Waals surface area contributed by atoms with Crippen LogP contribution in [0.2, 0.25) is 5.02 Å². The number of nitrogens with zero attached hydrogens (tertiary/aromatic N) is 1. The van der Waals surface area contributed by atoms with E-state index >= 15 is 0 Å². The average Bonchev–Trinajstić information content (AvgIpc) is 3.17. The van der Waals surface area contributed by atoms with E-state index in [0.29, 0.717) is 45.8 Å². The van der Waals surface area contributed by atoms with Crippen molar-refractivity contribution in [3.63, 3.8) is 0 Å². The molecule has 10 heteroatoms. The molecule has 170 valence electrons. The molecule has 4 rings (SSSR count). The van der Waals surface area contributed by atoms with Gasteiger partial charge in [0.25, 0.3) is 11.8 Å². The number of thiophene rings is 1. The van der Waals surface area contributed by atoms with Crippen molar-refractivity contribution in [1.29, 1.82) is 0 Å². The van der Waals surface area contributed by atoms with Crippen molar-refractivity contribution < 1.29 is 9.59 Å². The number of anilines is 2. The molecule has 0 saturated carbocycles. The first-order valence-electron chi connectivity index (χ1n) is 10.1. The monoisotopic (exact) mass is 516 g/mol. The zero-order valence-electron chi connectivity index (χ0n) is 17.7. The number of thiocarbonyl (C=S) groups is 1. The number of fused-ring (bicyclic) bond motifs is 1. The standard InChI is InChI=1S/C23H21ClN4O2S3/c1-32-17-9-5-2-6-14(17)21(30)27-22-19(20(25)29)13-10-11-28(12-18(13)33-22)23(31)26-16-8-4-3-7-15(16)24/h2-9H,10-12H2,1H3,(H2,25,29)(H,26,31)(H,27,30). The van der Waals surface area contributed by atoms with Gasteiger partial charge in [0.15, 0.2) is 5.11 Å². The lowest BCUT2D eigenvalue weighted by Crippen LogP contribution is -2.38. The zero-order chi connectivity index (χ0) is 23.5. The van der Waals surface area contributed by atoms with Crippen molar-refractivity contribution in [2.75, 3.05) is 23.4 Å². The second-order valence-electron chi connectivity index (χ2n) is 7.31. The van der Waals surface area contributed by atoms with Gasteiger partial charge in [0, 0.05) is 16.3 Å². The van der Waals surface area contributed by atoms with E-state index in [1.54, 1.807) is 12.1 Å². The lowest BCUT2D eigenvalue weighted by molar-refractivity contribution is 0.1000. The minimum absolute atomic E-state index is 0.270. The third kappa shape index (κ3) is 5.01. The second-order valence-corrected chi connectivity index (χ2v) is 10.1. The summed E-state index contributed by atoms with van der Waals surface area (Å²) in [5, 5.41) is 7.70. The van der Waals surface area contributed by atoms with Gasteiger partial charge in [-0.3, -0.25) is 9.59 Å². The van der Waals surface area contributed by atoms with Gasteiger partial charge in [-0.25, -0.2) is 0 Å². The summed E-state index contributed by atoms with van der Waals surface area (Å²) in [4.78, 5) is 29.1. The third-order valence-electron chi connectivity index (χ3n) is 5.28. The maximum Gasteiger partial charge on any atom is 0.257 e. The summed E-state index contributed by atoms with van der Waals surface area (Å²) in [7, 11) is 0. The first-order valence-corrected chi connectivity index (χ1v) is 12.9. The largest absolute Gasteiger partial charge is 0.365 e. The molecule has 2 aromatic carbocycles. The number of carbonyl (C=O) groups excluding carboxylic acids is 2. The molecule has 6 nitrogen and oxygen atoms in total. The topological polar surface area (TPSA) is 87.5 Å². The van der Waals surface area contributed by atoms with E-state index in [0.717, 1.165) is 21.0 Å². The van der Waals surface area contributed by atoms with Gasteiger partial charge in [0.05, 0.1) is 28.4 Å². The molecule has 0 fully saturated rings. The fraction of sp³-hybridized carbons (Fsp3) is 0.174. The Kier molecular flexibility index (Phi) is 7.23. The molecule has 1 aliphatic rings. The number of para-hydroxylation sites is 1. The van der Waals surface area contributed by atoms with E-state index in [2.05, 4.69) is 10.6 Å². The Morgan fingerprint density at radius 3 is 2.61 bits per heavy atom. The minimum Gasteiger partial charge on any atom is -0.365 e. The summed E-state index contributed by atoms with van der Waals surface area (Å²) in [6.07, 6.45) is 2.50. The molecule has 1 aliphatic heterocycles. The van der Waals surface area contributed by atoms with Crippen LogP contribution < -0.4 is 16.4 Å². The Hall–Kier alpha value is -2.59. The van der Waals surface area contributed by atoms with Crippen LogP contribution in [0.4, 0.5) is 10.7 Å². The van der Waals surface area contributed by atoms with E-state index in [1.807, 2.05) is 47.6 Å². The van der Waals surface area contributed by atoms with Crippen molar-refractivity contribution in [2.24, 2.45) is 5.73 Å². The van der Waals surface area contributed by atoms with Crippen LogP contribution >= 0.6 is 46.9 Å². The Morgan fingerprint density at radius 1 is 1.15 bits per heavy atom. The van der Waals surface area contributed by atoms with Crippen molar-refractivity contribution in [2.45, 2.75) is 17.9 Å². The van der Waals surface area contributed by atoms with Crippen LogP contribution in [-0.2, 0) is 13.0 Å². The highest BCUT2D eigenvalue weighted by Crippen LogP contribution is 2.38. The SMILES string of the molecule is CSc1ccccc1C(=O)Nc1sc2c(c1C(N)=O)CCN(C(=S)Nc1ccccc1Cl)C2. The number of hydrogen-bond acceptors (Lipinski definition) is 5. The molecule has 2 amide bonds. The van der Waals surface area contributed by atoms with Crippen molar-refractivity contribution in [3.8, 4) is 0 Å². The number of nitrogens with two attached hydrogens (primary N) is 1. The maximum atomic E-state index is 13.0. The molecule has 0 radical (unpaired) electrons. The van der Waals surface area contributed by atoms with Crippen LogP contribution in [-0.4, -0.2) is 34.6 Å². The Balaban J connectivity index is 1.56. The lowest BCUT2D eigenvalue weighted by Gasteiger charge is -2.29. The summed E-state index contributed by atoms with van der Waals surface area (Å²) >= 11 is 14.7. The number of primary amides is 1. The van der Waals surface area contributed by atoms with Crippen LogP contribution in [0.5, 0.6) is 0 Å². The fourth-order valence-electron chi connectivity index (χ4n) is 3.69. The van der Waals surface area contributed by atoms with Crippen LogP contribution in [0.15, 0.2) is 53.4 Å². The molecule has 1 aromatic heterocycles. The van der Waals surface area contributed by atoms with Gasteiger partial charge in [0.1, 0.15) is 5.00 Å². The zero-order valence-corrected chi connectivity index (χ0v) is 20.9. The van der Waals surface area contributed by atoms with Crippen molar-refractivity contribution in [3.05, 3.63) is 75.1 Å². The molecule has 0 saturated heterocycles. The predicted molar refractivity (Wildman–Crippen MR) is 141 cm³/mol. The number of carbonyl (C=O) groups is 2. The second kappa shape index (κ2) is 10.1. The van der Waals surface area contributed by atoms with Crippen molar-refractivity contribution in [1.82, 2.24) is 4.90 Å². The van der Waals surface area contributed by atoms with E-state index < -0.39 is 5.91 Å². The highest BCUT2D eigenvalue weighted by atomic mass is 35.5. The first-order chi connectivity index (χ1) is 15.9. The quantitative estimate of drug-likeness (QED) is 0.318. The van der Waals surface area contributed by atoms with Crippen molar-refractivity contribution >= 4 is 74.5 Å². The highest BCUT2D eigenvalue weighted by molar-refractivity contribution is 7.98. The molecule has 4 N–H and O–H groups in total. The average molecular weight is 517 g/mol. The Bertz CT molecular complexity index is 1240. The number of nitrogens with one attached hydrogen (secondary N) is 2. The normalized spacial score (nSPS) is 12.7. The van der Waals surface area contributed by atoms with E-state index in [1.165, 1.54) is 23.1 Å². The molecule has 0 unspecified atom stereocenters. The molecule has 3 aromatic rings. The van der Waals surface area contributed by atoms with Gasteiger partial charge in [0.2, 0.25) is 0 Å². The summed E-state index contributed by atoms with van der Waals surface area (Å²) in [5.41, 5.74) is 8.26. The molecule has 0 aliphatic carbocycles. The highest BCUT2D eigenvalue weighted by Gasteiger charge is 2.29. The molecule has 0 bridgehead atoms. The number of thioether (sulfide) groups is 1. The van der Waals surface area contributed by atoms with Gasteiger partial charge >= 0.3 is 0 Å². The number of rotatable bonds is 5. The summed E-state index contributed by atoms with van der Waals surface area (Å²) < 4.78 is 0. The first kappa shape index (κ1) is 23.6. The van der Waals surface area contributed by atoms with Crippen LogP contribution in [0.1, 0.15) is 31.2 Å². The number of hydrogen-bond donors (Lipinski definition) is 3. The number of benzene rings is 2. The van der Waals surface area contributed by atoms with Gasteiger partial charge in [-0.1, -0.05) is 35.9 Å². The molecule has 0 atom stereocenters. The van der Waals surface area contributed by atoms with E-state index in [4.69, 9.17) is 29.6 Å². The van der Waals surface area contributed by atoms with Crippen LogP contribution in [0.3, 0.4) is 0 Å². The molecular formula is C23H21ClN4O2S3. The van der Waals surface area contributed by atoms with Gasteiger partial charge in [-0.15, -0.1) is 23.1 Å². The van der Waals surface area contributed by atoms with Gasteiger partial charge < -0.3 is 21.3 Å². The smallest absolute Gasteiger partial charge is 0.257 e. The van der Waals surface area contributed by atoms with Crippen LogP contribution in [0, 0.1) is 0 Å². The maximum absolute atomic E-state index is 13.0. The number of halogens is 1. The molecule has 2 heterocycles. The third-order valence-corrected chi connectivity index (χ3v) is 7.90. The lowest BCUT2D eigenvalue weighted by atomic mass is 10.0. The summed E-state index contributed by atoms with van der Waals surface area (Å²) in [6.45, 7) is 1.12. The predicted octanol–water partition coefficient (Wildman–Crippen LogP) is 5.23. The van der Waals surface area contributed by atoms with Crippen LogP contribution in [0.25, 0.3) is 0 Å². The van der Waals surface area contributed by atoms with E-state index in [-0.39, 0.29) is 5.91 Å². The van der Waals surface area contributed by atoms with E-state index in [9.17, 15) is 9.59 Å². The van der Waals surface area contributed by atoms with Gasteiger partial charge in [-0.2, -0.15) is 0 Å². The molecule has 0 spiro atoms. The molecular weight excluding hydrogens is 496 g/mol. The Labute approximate surface area is 210 Å².